The molecular weight excluding hydrogens is 362 g/mol. The number of nitrogens with one attached hydrogen (secondary N) is 1. The van der Waals surface area contributed by atoms with Crippen LogP contribution in [0.4, 0.5) is 5.13 Å². The molecule has 0 saturated carbocycles. The van der Waals surface area contributed by atoms with Crippen LogP contribution in [-0.4, -0.2) is 24.6 Å². The Hall–Kier alpha value is -2.59. The van der Waals surface area contributed by atoms with Crippen LogP contribution in [0.15, 0.2) is 18.2 Å². The molecule has 1 heterocycles. The number of nitriles is 1. The second kappa shape index (κ2) is 9.38. The normalized spacial score (nSPS) is 13.2. The summed E-state index contributed by atoms with van der Waals surface area (Å²) in [6, 6.07) is 7.08. The molecular formula is C20H23N3O3S. The molecule has 0 atom stereocenters. The number of thiazole rings is 1. The summed E-state index contributed by atoms with van der Waals surface area (Å²) >= 11 is 1.60. The number of rotatable bonds is 7. The van der Waals surface area contributed by atoms with Crippen LogP contribution in [-0.2, 0) is 17.6 Å². The molecule has 0 fully saturated rings. The Morgan fingerprint density at radius 1 is 1.30 bits per heavy atom. The van der Waals surface area contributed by atoms with Gasteiger partial charge in [-0.2, -0.15) is 5.26 Å². The number of methoxy groups -OCH3 is 1. The summed E-state index contributed by atoms with van der Waals surface area (Å²) in [5.74, 6) is 1.04. The molecule has 27 heavy (non-hydrogen) atoms. The van der Waals surface area contributed by atoms with Gasteiger partial charge >= 0.3 is 0 Å². The smallest absolute Gasteiger partial charge is 0.226 e. The van der Waals surface area contributed by atoms with Crippen molar-refractivity contribution in [2.24, 2.45) is 0 Å². The Kier molecular flexibility index (Phi) is 6.66. The van der Waals surface area contributed by atoms with E-state index in [-0.39, 0.29) is 5.91 Å². The van der Waals surface area contributed by atoms with Crippen molar-refractivity contribution in [3.63, 3.8) is 0 Å². The van der Waals surface area contributed by atoms with Crippen LogP contribution in [0.2, 0.25) is 0 Å². The Labute approximate surface area is 163 Å². The van der Waals surface area contributed by atoms with Gasteiger partial charge in [-0.05, 0) is 44.2 Å². The fraction of sp³-hybridized carbons (Fsp3) is 0.450. The first kappa shape index (κ1) is 19.2. The van der Waals surface area contributed by atoms with Crippen LogP contribution in [0.5, 0.6) is 11.5 Å². The predicted octanol–water partition coefficient (Wildman–Crippen LogP) is 4.09. The van der Waals surface area contributed by atoms with Crippen LogP contribution >= 0.6 is 11.3 Å². The van der Waals surface area contributed by atoms with E-state index in [1.165, 1.54) is 31.2 Å². The largest absolute Gasteiger partial charge is 0.493 e. The summed E-state index contributed by atoms with van der Waals surface area (Å²) in [4.78, 5) is 18.0. The highest BCUT2D eigenvalue weighted by Gasteiger charge is 2.15. The lowest BCUT2D eigenvalue weighted by molar-refractivity contribution is -0.116. The van der Waals surface area contributed by atoms with E-state index in [1.54, 1.807) is 29.5 Å². The van der Waals surface area contributed by atoms with E-state index in [1.807, 2.05) is 0 Å². The highest BCUT2D eigenvalue weighted by Crippen LogP contribution is 2.29. The first-order valence-corrected chi connectivity index (χ1v) is 10.0. The quantitative estimate of drug-likeness (QED) is 0.573. The number of carbonyl (C=O) groups is 1. The lowest BCUT2D eigenvalue weighted by atomic mass is 10.2. The molecule has 0 aliphatic heterocycles. The molecule has 1 amide bonds. The molecule has 1 aromatic heterocycles. The molecule has 1 aliphatic carbocycles. The van der Waals surface area contributed by atoms with E-state index >= 15 is 0 Å². The van der Waals surface area contributed by atoms with Crippen molar-refractivity contribution in [1.82, 2.24) is 4.98 Å². The van der Waals surface area contributed by atoms with Crippen LogP contribution in [0.25, 0.3) is 0 Å². The van der Waals surface area contributed by atoms with Crippen LogP contribution in [0, 0.1) is 11.3 Å². The van der Waals surface area contributed by atoms with E-state index in [2.05, 4.69) is 16.4 Å². The second-order valence-corrected chi connectivity index (χ2v) is 7.51. The molecule has 0 unspecified atom stereocenters. The lowest BCUT2D eigenvalue weighted by Gasteiger charge is -2.10. The van der Waals surface area contributed by atoms with Crippen molar-refractivity contribution in [2.75, 3.05) is 19.0 Å². The molecule has 2 aromatic rings. The Morgan fingerprint density at radius 3 is 2.96 bits per heavy atom. The number of aromatic nitrogens is 1. The second-order valence-electron chi connectivity index (χ2n) is 6.43. The number of fused-ring (bicyclic) bond motifs is 1. The number of benzene rings is 1. The van der Waals surface area contributed by atoms with E-state index in [0.717, 1.165) is 18.5 Å². The molecule has 1 aromatic carbocycles. The summed E-state index contributed by atoms with van der Waals surface area (Å²) in [6.07, 6.45) is 6.68. The molecule has 1 aliphatic rings. The summed E-state index contributed by atoms with van der Waals surface area (Å²) in [5, 5.41) is 12.5. The van der Waals surface area contributed by atoms with Gasteiger partial charge in [0.1, 0.15) is 0 Å². The maximum Gasteiger partial charge on any atom is 0.226 e. The number of nitrogens with zero attached hydrogens (tertiary/aromatic N) is 2. The van der Waals surface area contributed by atoms with Gasteiger partial charge in [-0.3, -0.25) is 4.79 Å². The number of ether oxygens (including phenoxy) is 2. The van der Waals surface area contributed by atoms with E-state index < -0.39 is 0 Å². The van der Waals surface area contributed by atoms with Gasteiger partial charge in [0.2, 0.25) is 5.91 Å². The third-order valence-corrected chi connectivity index (χ3v) is 5.51. The molecule has 3 rings (SSSR count). The van der Waals surface area contributed by atoms with Gasteiger partial charge in [0.05, 0.1) is 31.0 Å². The van der Waals surface area contributed by atoms with Crippen molar-refractivity contribution < 1.29 is 14.3 Å². The third-order valence-electron chi connectivity index (χ3n) is 4.44. The topological polar surface area (TPSA) is 84.2 Å². The molecule has 0 saturated heterocycles. The SMILES string of the molecule is COc1cc(C#N)ccc1OCCCC(=O)Nc1nc2c(s1)CCCCC2. The molecule has 1 N–H and O–H groups in total. The molecule has 0 bridgehead atoms. The van der Waals surface area contributed by atoms with Gasteiger partial charge in [0.15, 0.2) is 16.6 Å². The Bertz CT molecular complexity index is 818. The van der Waals surface area contributed by atoms with Crippen molar-refractivity contribution in [1.29, 1.82) is 5.26 Å². The number of carbonyl (C=O) groups excluding carboxylic acids is 1. The highest BCUT2D eigenvalue weighted by molar-refractivity contribution is 7.15. The third kappa shape index (κ3) is 5.20. The zero-order chi connectivity index (χ0) is 19.1. The van der Waals surface area contributed by atoms with Crippen LogP contribution in [0.3, 0.4) is 0 Å². The minimum atomic E-state index is -0.0469. The van der Waals surface area contributed by atoms with Gasteiger partial charge in [-0.1, -0.05) is 6.42 Å². The van der Waals surface area contributed by atoms with E-state index in [4.69, 9.17) is 14.7 Å². The van der Waals surface area contributed by atoms with E-state index in [9.17, 15) is 4.79 Å². The average Bonchev–Trinajstić information content (AvgIpc) is 2.93. The minimum Gasteiger partial charge on any atom is -0.493 e. The molecule has 0 radical (unpaired) electrons. The highest BCUT2D eigenvalue weighted by atomic mass is 32.1. The number of aryl methyl sites for hydroxylation is 2. The zero-order valence-electron chi connectivity index (χ0n) is 15.4. The van der Waals surface area contributed by atoms with E-state index in [0.29, 0.717) is 41.6 Å². The summed E-state index contributed by atoms with van der Waals surface area (Å²) in [6.45, 7) is 0.393. The lowest BCUT2D eigenvalue weighted by Crippen LogP contribution is -2.12. The monoisotopic (exact) mass is 385 g/mol. The Balaban J connectivity index is 1.44. The average molecular weight is 385 g/mol. The zero-order valence-corrected chi connectivity index (χ0v) is 16.2. The molecule has 0 spiro atoms. The number of amides is 1. The summed E-state index contributed by atoms with van der Waals surface area (Å²) < 4.78 is 10.9. The number of anilines is 1. The maximum absolute atomic E-state index is 12.2. The van der Waals surface area contributed by atoms with Gasteiger partial charge in [-0.25, -0.2) is 4.98 Å². The molecule has 142 valence electrons. The van der Waals surface area contributed by atoms with Crippen molar-refractivity contribution in [2.45, 2.75) is 44.9 Å². The summed E-state index contributed by atoms with van der Waals surface area (Å²) in [7, 11) is 1.53. The standard InChI is InChI=1S/C20H23N3O3S/c1-25-17-12-14(13-21)9-10-16(17)26-11-5-8-19(24)23-20-22-15-6-3-2-4-7-18(15)27-20/h9-10,12H,2-8,11H2,1H3,(H,22,23,24). The fourth-order valence-electron chi connectivity index (χ4n) is 3.04. The summed E-state index contributed by atoms with van der Waals surface area (Å²) in [5.41, 5.74) is 1.67. The first-order chi connectivity index (χ1) is 13.2. The predicted molar refractivity (Wildman–Crippen MR) is 104 cm³/mol. The first-order valence-electron chi connectivity index (χ1n) is 9.19. The number of hydrogen-bond donors (Lipinski definition) is 1. The Morgan fingerprint density at radius 2 is 2.15 bits per heavy atom. The molecule has 7 heteroatoms. The van der Waals surface area contributed by atoms with Gasteiger partial charge in [-0.15, -0.1) is 11.3 Å². The molecule has 6 nitrogen and oxygen atoms in total. The van der Waals surface area contributed by atoms with Crippen molar-refractivity contribution >= 4 is 22.4 Å². The van der Waals surface area contributed by atoms with Gasteiger partial charge < -0.3 is 14.8 Å². The van der Waals surface area contributed by atoms with Gasteiger partial charge in [0, 0.05) is 17.4 Å². The van der Waals surface area contributed by atoms with Crippen LogP contribution in [0.1, 0.15) is 48.2 Å². The maximum atomic E-state index is 12.2. The van der Waals surface area contributed by atoms with Crippen LogP contribution < -0.4 is 14.8 Å². The number of hydrogen-bond acceptors (Lipinski definition) is 6. The van der Waals surface area contributed by atoms with Gasteiger partial charge in [0.25, 0.3) is 0 Å². The fourth-order valence-corrected chi connectivity index (χ4v) is 4.10. The minimum absolute atomic E-state index is 0.0469. The van der Waals surface area contributed by atoms with Crippen molar-refractivity contribution in [3.8, 4) is 17.6 Å². The van der Waals surface area contributed by atoms with Crippen molar-refractivity contribution in [3.05, 3.63) is 34.3 Å².